The molecule has 10 rings (SSSR count). The van der Waals surface area contributed by atoms with Gasteiger partial charge in [-0.05, 0) is 62.9 Å². The van der Waals surface area contributed by atoms with Gasteiger partial charge in [-0.3, -0.25) is 0 Å². The molecule has 0 saturated heterocycles. The molecular weight excluding hydrogens is 575 g/mol. The summed E-state index contributed by atoms with van der Waals surface area (Å²) in [6.07, 6.45) is 0. The molecule has 0 atom stereocenters. The predicted octanol–water partition coefficient (Wildman–Crippen LogP) is 12.6. The first-order valence-electron chi connectivity index (χ1n) is 15.8. The fraction of sp³-hybridized carbons (Fsp3) is 0. The van der Waals surface area contributed by atoms with Crippen LogP contribution in [0.3, 0.4) is 0 Å². The molecule has 46 heavy (non-hydrogen) atoms. The number of rotatable bonds is 3. The van der Waals surface area contributed by atoms with E-state index >= 15 is 0 Å². The molecule has 0 aliphatic carbocycles. The van der Waals surface area contributed by atoms with E-state index in [0.29, 0.717) is 0 Å². The van der Waals surface area contributed by atoms with Crippen LogP contribution in [0.5, 0.6) is 0 Å². The summed E-state index contributed by atoms with van der Waals surface area (Å²) in [7, 11) is 0. The molecule has 1 nitrogen and oxygen atoms in total. The second-order valence-electron chi connectivity index (χ2n) is 12.1. The third-order valence-electron chi connectivity index (χ3n) is 9.61. The van der Waals surface area contributed by atoms with Gasteiger partial charge >= 0.3 is 0 Å². The van der Waals surface area contributed by atoms with E-state index in [4.69, 9.17) is 0 Å². The molecule has 0 spiro atoms. The van der Waals surface area contributed by atoms with Gasteiger partial charge in [-0.15, -0.1) is 0 Å². The van der Waals surface area contributed by atoms with E-state index < -0.39 is 0 Å². The van der Waals surface area contributed by atoms with Crippen molar-refractivity contribution in [2.45, 2.75) is 9.79 Å². The van der Waals surface area contributed by atoms with Crippen molar-refractivity contribution in [3.05, 3.63) is 164 Å². The van der Waals surface area contributed by atoms with Gasteiger partial charge in [-0.1, -0.05) is 151 Å². The molecule has 2 heteroatoms. The van der Waals surface area contributed by atoms with Crippen molar-refractivity contribution in [1.82, 2.24) is 4.57 Å². The van der Waals surface area contributed by atoms with E-state index in [1.165, 1.54) is 92.2 Å². The van der Waals surface area contributed by atoms with Crippen LogP contribution in [0.2, 0.25) is 0 Å². The Bertz CT molecular complexity index is 2660. The van der Waals surface area contributed by atoms with Crippen molar-refractivity contribution >= 4 is 55.1 Å². The standard InChI is InChI=1S/C44H27NS/c1-2-12-33-28(10-1)24-25-38-34-13-4-7-18-40(34)45(44(33)38)39-17-6-3-11-32(39)30-22-20-29(21-23-30)31-26-27-42-43-36(31)15-9-16-37(43)35-14-5-8-19-41(35)46-42/h1-27H. The number of para-hydroxylation sites is 2. The van der Waals surface area contributed by atoms with Crippen molar-refractivity contribution in [3.8, 4) is 39.1 Å². The molecule has 1 aliphatic rings. The first kappa shape index (κ1) is 25.7. The average Bonchev–Trinajstić information content (AvgIpc) is 3.47. The third kappa shape index (κ3) is 3.71. The first-order valence-corrected chi connectivity index (χ1v) is 16.6. The monoisotopic (exact) mass is 601 g/mol. The molecule has 1 aliphatic heterocycles. The number of hydrogen-bond acceptors (Lipinski definition) is 1. The molecule has 0 fully saturated rings. The van der Waals surface area contributed by atoms with Crippen LogP contribution in [0.25, 0.3) is 82.4 Å². The Labute approximate surface area is 271 Å². The van der Waals surface area contributed by atoms with Gasteiger partial charge in [-0.2, -0.15) is 0 Å². The summed E-state index contributed by atoms with van der Waals surface area (Å²) in [5, 5.41) is 7.74. The highest BCUT2D eigenvalue weighted by molar-refractivity contribution is 7.99. The highest BCUT2D eigenvalue weighted by atomic mass is 32.2. The average molecular weight is 602 g/mol. The van der Waals surface area contributed by atoms with Crippen molar-refractivity contribution in [2.75, 3.05) is 0 Å². The molecule has 0 saturated carbocycles. The van der Waals surface area contributed by atoms with E-state index in [9.17, 15) is 0 Å². The number of fused-ring (bicyclic) bond motifs is 7. The quantitative estimate of drug-likeness (QED) is 0.195. The molecule has 214 valence electrons. The largest absolute Gasteiger partial charge is 0.308 e. The van der Waals surface area contributed by atoms with E-state index in [2.05, 4.69) is 168 Å². The molecule has 0 unspecified atom stereocenters. The lowest BCUT2D eigenvalue weighted by molar-refractivity contribution is 1.19. The highest BCUT2D eigenvalue weighted by Gasteiger charge is 2.21. The molecule has 0 amide bonds. The van der Waals surface area contributed by atoms with E-state index in [1.807, 2.05) is 11.8 Å². The lowest BCUT2D eigenvalue weighted by Gasteiger charge is -2.21. The molecule has 9 aromatic rings. The minimum Gasteiger partial charge on any atom is -0.308 e. The number of benzene rings is 8. The SMILES string of the molecule is c1ccc2c(c1)Sc1ccc(-c3ccc(-c4ccccc4-n4c5ccccc5c5ccc6ccccc6c54)cc3)c3cccc-2c13. The first-order chi connectivity index (χ1) is 22.8. The summed E-state index contributed by atoms with van der Waals surface area (Å²) in [6.45, 7) is 0. The highest BCUT2D eigenvalue weighted by Crippen LogP contribution is 2.49. The normalized spacial score (nSPS) is 12.3. The van der Waals surface area contributed by atoms with Crippen LogP contribution in [-0.2, 0) is 0 Å². The Morgan fingerprint density at radius 3 is 1.93 bits per heavy atom. The van der Waals surface area contributed by atoms with E-state index in [1.54, 1.807) is 0 Å². The molecule has 8 aromatic carbocycles. The Morgan fingerprint density at radius 2 is 1.04 bits per heavy atom. The van der Waals surface area contributed by atoms with Gasteiger partial charge in [0.2, 0.25) is 0 Å². The second-order valence-corrected chi connectivity index (χ2v) is 13.2. The number of hydrogen-bond donors (Lipinski definition) is 0. The van der Waals surface area contributed by atoms with Gasteiger partial charge in [0.25, 0.3) is 0 Å². The van der Waals surface area contributed by atoms with E-state index in [-0.39, 0.29) is 0 Å². The lowest BCUT2D eigenvalue weighted by Crippen LogP contribution is -1.97. The van der Waals surface area contributed by atoms with Crippen LogP contribution in [0.4, 0.5) is 0 Å². The number of aromatic nitrogens is 1. The van der Waals surface area contributed by atoms with Crippen LogP contribution in [0.1, 0.15) is 0 Å². The maximum Gasteiger partial charge on any atom is 0.0619 e. The van der Waals surface area contributed by atoms with Crippen molar-refractivity contribution in [3.63, 3.8) is 0 Å². The van der Waals surface area contributed by atoms with E-state index in [0.717, 1.165) is 0 Å². The van der Waals surface area contributed by atoms with Gasteiger partial charge in [0.05, 0.1) is 16.7 Å². The Balaban J connectivity index is 1.14. The summed E-state index contributed by atoms with van der Waals surface area (Å²) >= 11 is 1.88. The second kappa shape index (κ2) is 9.97. The van der Waals surface area contributed by atoms with Crippen molar-refractivity contribution in [2.24, 2.45) is 0 Å². The summed E-state index contributed by atoms with van der Waals surface area (Å²) < 4.78 is 2.47. The third-order valence-corrected chi connectivity index (χ3v) is 10.7. The topological polar surface area (TPSA) is 4.93 Å². The van der Waals surface area contributed by atoms with Crippen LogP contribution >= 0.6 is 11.8 Å². The van der Waals surface area contributed by atoms with Gasteiger partial charge in [0.1, 0.15) is 0 Å². The molecular formula is C44H27NS. The maximum atomic E-state index is 2.47. The Hall–Kier alpha value is -5.57. The van der Waals surface area contributed by atoms with Gasteiger partial charge in [0, 0.05) is 36.9 Å². The Kier molecular flexibility index (Phi) is 5.58. The molecule has 2 heterocycles. The van der Waals surface area contributed by atoms with Gasteiger partial charge in [-0.25, -0.2) is 0 Å². The van der Waals surface area contributed by atoms with Crippen LogP contribution in [0, 0.1) is 0 Å². The summed E-state index contributed by atoms with van der Waals surface area (Å²) in [6, 6.07) is 60.2. The minimum atomic E-state index is 1.19. The van der Waals surface area contributed by atoms with Crippen molar-refractivity contribution < 1.29 is 0 Å². The smallest absolute Gasteiger partial charge is 0.0619 e. The molecule has 0 N–H and O–H groups in total. The summed E-state index contributed by atoms with van der Waals surface area (Å²) in [5.41, 5.74) is 11.3. The van der Waals surface area contributed by atoms with Crippen LogP contribution in [0.15, 0.2) is 174 Å². The van der Waals surface area contributed by atoms with Crippen LogP contribution in [-0.4, -0.2) is 4.57 Å². The predicted molar refractivity (Wildman–Crippen MR) is 196 cm³/mol. The summed E-state index contributed by atoms with van der Waals surface area (Å²) in [5.74, 6) is 0. The molecule has 0 bridgehead atoms. The zero-order valence-corrected chi connectivity index (χ0v) is 25.8. The number of nitrogens with zero attached hydrogens (tertiary/aromatic N) is 1. The fourth-order valence-corrected chi connectivity index (χ4v) is 8.68. The molecule has 1 aromatic heterocycles. The zero-order chi connectivity index (χ0) is 30.2. The van der Waals surface area contributed by atoms with Crippen LogP contribution < -0.4 is 0 Å². The van der Waals surface area contributed by atoms with Gasteiger partial charge in [0.15, 0.2) is 0 Å². The van der Waals surface area contributed by atoms with Crippen molar-refractivity contribution in [1.29, 1.82) is 0 Å². The Morgan fingerprint density at radius 1 is 0.370 bits per heavy atom. The minimum absolute atomic E-state index is 1.19. The summed E-state index contributed by atoms with van der Waals surface area (Å²) in [4.78, 5) is 2.66. The van der Waals surface area contributed by atoms with Gasteiger partial charge < -0.3 is 4.57 Å². The maximum absolute atomic E-state index is 2.47. The lowest BCUT2D eigenvalue weighted by atomic mass is 9.91. The zero-order valence-electron chi connectivity index (χ0n) is 24.9. The molecule has 0 radical (unpaired) electrons. The fourth-order valence-electron chi connectivity index (χ4n) is 7.55.